The molecule has 1 saturated heterocycles. The van der Waals surface area contributed by atoms with E-state index in [2.05, 4.69) is 64.5 Å². The summed E-state index contributed by atoms with van der Waals surface area (Å²) in [7, 11) is 2.25. The van der Waals surface area contributed by atoms with E-state index in [9.17, 15) is 0 Å². The third-order valence-electron chi connectivity index (χ3n) is 4.91. The van der Waals surface area contributed by atoms with E-state index in [1.165, 1.54) is 29.1 Å². The summed E-state index contributed by atoms with van der Waals surface area (Å²) in [5, 5.41) is 11.2. The minimum atomic E-state index is 0. The fourth-order valence-electron chi connectivity index (χ4n) is 3.67. The lowest BCUT2D eigenvalue weighted by atomic mass is 9.88. The van der Waals surface area contributed by atoms with E-state index in [-0.39, 0.29) is 24.0 Å². The van der Waals surface area contributed by atoms with Gasteiger partial charge in [0.25, 0.3) is 0 Å². The average molecular weight is 519 g/mol. The molecule has 150 valence electrons. The molecule has 2 N–H and O–H groups in total. The predicted molar refractivity (Wildman–Crippen MR) is 130 cm³/mol. The quantitative estimate of drug-likeness (QED) is 0.320. The molecule has 3 heterocycles. The van der Waals surface area contributed by atoms with Gasteiger partial charge in [0.05, 0.1) is 0 Å². The van der Waals surface area contributed by atoms with Crippen molar-refractivity contribution in [2.45, 2.75) is 32.2 Å². The number of thiophene rings is 2. The van der Waals surface area contributed by atoms with E-state index >= 15 is 0 Å². The zero-order valence-corrected chi connectivity index (χ0v) is 20.2. The second kappa shape index (κ2) is 12.0. The number of nitrogens with one attached hydrogen (secondary N) is 2. The highest BCUT2D eigenvalue weighted by Gasteiger charge is 2.31. The number of piperidine rings is 1. The Kier molecular flexibility index (Phi) is 10.1. The number of aliphatic imine (C=N–C) groups is 1. The lowest BCUT2D eigenvalue weighted by Crippen LogP contribution is -2.40. The summed E-state index contributed by atoms with van der Waals surface area (Å²) in [6.45, 7) is 6.00. The highest BCUT2D eigenvalue weighted by Crippen LogP contribution is 2.37. The lowest BCUT2D eigenvalue weighted by molar-refractivity contribution is 0.128. The molecule has 0 amide bonds. The van der Waals surface area contributed by atoms with E-state index in [0.717, 1.165) is 32.0 Å². The van der Waals surface area contributed by atoms with Crippen LogP contribution < -0.4 is 10.6 Å². The summed E-state index contributed by atoms with van der Waals surface area (Å²) in [4.78, 5) is 10.3. The van der Waals surface area contributed by atoms with Crippen molar-refractivity contribution in [2.75, 3.05) is 33.2 Å². The van der Waals surface area contributed by atoms with Crippen LogP contribution in [0.5, 0.6) is 0 Å². The van der Waals surface area contributed by atoms with E-state index < -0.39 is 0 Å². The van der Waals surface area contributed by atoms with E-state index in [4.69, 9.17) is 4.99 Å². The fourth-order valence-corrected chi connectivity index (χ4v) is 5.36. The predicted octanol–water partition coefficient (Wildman–Crippen LogP) is 4.61. The Bertz CT molecular complexity index is 658. The third-order valence-corrected chi connectivity index (χ3v) is 6.79. The molecule has 0 saturated carbocycles. The molecule has 2 unspecified atom stereocenters. The Hall–Kier alpha value is -0.640. The number of guanidine groups is 1. The van der Waals surface area contributed by atoms with Crippen LogP contribution >= 0.6 is 46.7 Å². The SMILES string of the molecule is CCNC(=NCC1CCCN(C)C1c1cccs1)NCCc1cccs1.I. The van der Waals surface area contributed by atoms with Crippen LogP contribution in [-0.4, -0.2) is 44.1 Å². The molecule has 0 aromatic carbocycles. The Balaban J connectivity index is 0.00000261. The van der Waals surface area contributed by atoms with Crippen molar-refractivity contribution in [1.29, 1.82) is 0 Å². The van der Waals surface area contributed by atoms with Crippen molar-refractivity contribution >= 4 is 52.6 Å². The van der Waals surface area contributed by atoms with Crippen LogP contribution in [0.2, 0.25) is 0 Å². The Morgan fingerprint density at radius 3 is 2.74 bits per heavy atom. The number of likely N-dealkylation sites (tertiary alicyclic amines) is 1. The first-order valence-corrected chi connectivity index (χ1v) is 11.3. The maximum Gasteiger partial charge on any atom is 0.191 e. The van der Waals surface area contributed by atoms with Gasteiger partial charge in [-0.15, -0.1) is 46.7 Å². The summed E-state index contributed by atoms with van der Waals surface area (Å²) < 4.78 is 0. The van der Waals surface area contributed by atoms with Gasteiger partial charge in [0, 0.05) is 35.4 Å². The van der Waals surface area contributed by atoms with Crippen LogP contribution in [0.15, 0.2) is 40.0 Å². The summed E-state index contributed by atoms with van der Waals surface area (Å²) in [5.41, 5.74) is 0. The van der Waals surface area contributed by atoms with Crippen molar-refractivity contribution in [3.05, 3.63) is 44.8 Å². The molecule has 1 aliphatic rings. The van der Waals surface area contributed by atoms with Crippen molar-refractivity contribution in [3.8, 4) is 0 Å². The number of hydrogen-bond donors (Lipinski definition) is 2. The van der Waals surface area contributed by atoms with Gasteiger partial charge in [-0.3, -0.25) is 9.89 Å². The van der Waals surface area contributed by atoms with Crippen LogP contribution in [0.25, 0.3) is 0 Å². The molecular formula is C20H31IN4S2. The average Bonchev–Trinajstić information content (AvgIpc) is 3.33. The second-order valence-electron chi connectivity index (χ2n) is 6.82. The van der Waals surface area contributed by atoms with Gasteiger partial charge in [-0.1, -0.05) is 12.1 Å². The van der Waals surface area contributed by atoms with E-state index in [0.29, 0.717) is 12.0 Å². The van der Waals surface area contributed by atoms with Gasteiger partial charge >= 0.3 is 0 Å². The monoisotopic (exact) mass is 518 g/mol. The van der Waals surface area contributed by atoms with Gasteiger partial charge in [0.1, 0.15) is 0 Å². The number of hydrogen-bond acceptors (Lipinski definition) is 4. The normalized spacial score (nSPS) is 20.9. The molecular weight excluding hydrogens is 487 g/mol. The zero-order chi connectivity index (χ0) is 18.2. The number of halogens is 1. The van der Waals surface area contributed by atoms with Gasteiger partial charge in [-0.25, -0.2) is 0 Å². The molecule has 1 fully saturated rings. The van der Waals surface area contributed by atoms with Crippen molar-refractivity contribution in [2.24, 2.45) is 10.9 Å². The van der Waals surface area contributed by atoms with Crippen molar-refractivity contribution in [1.82, 2.24) is 15.5 Å². The Morgan fingerprint density at radius 2 is 2.04 bits per heavy atom. The lowest BCUT2D eigenvalue weighted by Gasteiger charge is -2.38. The first kappa shape index (κ1) is 22.6. The van der Waals surface area contributed by atoms with Crippen molar-refractivity contribution < 1.29 is 0 Å². The topological polar surface area (TPSA) is 39.7 Å². The molecule has 0 spiro atoms. The molecule has 2 atom stereocenters. The third kappa shape index (κ3) is 6.73. The largest absolute Gasteiger partial charge is 0.357 e. The molecule has 0 radical (unpaired) electrons. The van der Waals surface area contributed by atoms with E-state index in [1.807, 2.05) is 22.7 Å². The zero-order valence-electron chi connectivity index (χ0n) is 16.2. The van der Waals surface area contributed by atoms with Crippen LogP contribution in [-0.2, 0) is 6.42 Å². The molecule has 4 nitrogen and oxygen atoms in total. The van der Waals surface area contributed by atoms with Gasteiger partial charge < -0.3 is 10.6 Å². The number of rotatable bonds is 7. The highest BCUT2D eigenvalue weighted by molar-refractivity contribution is 14.0. The summed E-state index contributed by atoms with van der Waals surface area (Å²) >= 11 is 3.69. The molecule has 0 aliphatic carbocycles. The molecule has 7 heteroatoms. The minimum Gasteiger partial charge on any atom is -0.357 e. The number of nitrogens with zero attached hydrogens (tertiary/aromatic N) is 2. The maximum absolute atomic E-state index is 4.93. The van der Waals surface area contributed by atoms with Crippen LogP contribution in [0.4, 0.5) is 0 Å². The van der Waals surface area contributed by atoms with E-state index in [1.54, 1.807) is 0 Å². The van der Waals surface area contributed by atoms with Gasteiger partial charge in [-0.2, -0.15) is 0 Å². The van der Waals surface area contributed by atoms with Crippen LogP contribution in [0.1, 0.15) is 35.6 Å². The molecule has 2 aromatic heterocycles. The van der Waals surface area contributed by atoms with Gasteiger partial charge in [0.15, 0.2) is 5.96 Å². The summed E-state index contributed by atoms with van der Waals surface area (Å²) in [6, 6.07) is 9.25. The first-order chi connectivity index (χ1) is 12.8. The highest BCUT2D eigenvalue weighted by atomic mass is 127. The second-order valence-corrected chi connectivity index (χ2v) is 8.83. The molecule has 27 heavy (non-hydrogen) atoms. The summed E-state index contributed by atoms with van der Waals surface area (Å²) in [6.07, 6.45) is 3.57. The minimum absolute atomic E-state index is 0. The smallest absolute Gasteiger partial charge is 0.191 e. The maximum atomic E-state index is 4.93. The molecule has 2 aromatic rings. The molecule has 3 rings (SSSR count). The molecule has 0 bridgehead atoms. The Morgan fingerprint density at radius 1 is 1.22 bits per heavy atom. The standard InChI is InChI=1S/C20H30N4S2.HI/c1-3-21-20(22-11-10-17-8-5-13-25-17)23-15-16-7-4-12-24(2)19(16)18-9-6-14-26-18;/h5-6,8-9,13-14,16,19H,3-4,7,10-12,15H2,1-2H3,(H2,21,22,23);1H. The van der Waals surface area contributed by atoms with Gasteiger partial charge in [0.2, 0.25) is 0 Å². The first-order valence-electron chi connectivity index (χ1n) is 9.56. The Labute approximate surface area is 188 Å². The van der Waals surface area contributed by atoms with Crippen molar-refractivity contribution in [3.63, 3.8) is 0 Å². The summed E-state index contributed by atoms with van der Waals surface area (Å²) in [5.74, 6) is 1.53. The van der Waals surface area contributed by atoms with Crippen LogP contribution in [0.3, 0.4) is 0 Å². The fraction of sp³-hybridized carbons (Fsp3) is 0.550. The molecule has 1 aliphatic heterocycles. The van der Waals surface area contributed by atoms with Gasteiger partial charge in [-0.05, 0) is 68.6 Å². The van der Waals surface area contributed by atoms with Crippen LogP contribution in [0, 0.1) is 5.92 Å².